The molecule has 0 aliphatic carbocycles. The van der Waals surface area contributed by atoms with Gasteiger partial charge in [-0.3, -0.25) is 9.69 Å². The molecule has 2 aliphatic rings. The molecule has 1 aromatic heterocycles. The van der Waals surface area contributed by atoms with Crippen molar-refractivity contribution < 1.29 is 14.3 Å². The van der Waals surface area contributed by atoms with E-state index < -0.39 is 0 Å². The van der Waals surface area contributed by atoms with Gasteiger partial charge in [-0.1, -0.05) is 6.07 Å². The molecule has 2 saturated heterocycles. The Hall–Kier alpha value is -0.950. The van der Waals surface area contributed by atoms with Crippen molar-refractivity contribution in [3.05, 3.63) is 22.4 Å². The lowest BCUT2D eigenvalue weighted by molar-refractivity contribution is -0.135. The van der Waals surface area contributed by atoms with E-state index in [1.807, 2.05) is 11.3 Å². The smallest absolute Gasteiger partial charge is 0.248 e. The van der Waals surface area contributed by atoms with E-state index in [1.54, 1.807) is 19.0 Å². The van der Waals surface area contributed by atoms with Crippen molar-refractivity contribution in [1.82, 2.24) is 9.80 Å². The monoisotopic (exact) mass is 338 g/mol. The average Bonchev–Trinajstić information content (AvgIpc) is 3.15. The first-order valence-corrected chi connectivity index (χ1v) is 9.15. The van der Waals surface area contributed by atoms with Crippen LogP contribution >= 0.6 is 11.3 Å². The molecule has 5 nitrogen and oxygen atoms in total. The molecule has 0 saturated carbocycles. The van der Waals surface area contributed by atoms with Gasteiger partial charge >= 0.3 is 0 Å². The van der Waals surface area contributed by atoms with Crippen molar-refractivity contribution >= 4 is 17.2 Å². The van der Waals surface area contributed by atoms with Crippen LogP contribution in [0.5, 0.6) is 0 Å². The third-order valence-corrected chi connectivity index (χ3v) is 5.56. The number of carbonyl (C=O) groups excluding carboxylic acids is 1. The van der Waals surface area contributed by atoms with Gasteiger partial charge in [-0.15, -0.1) is 11.3 Å². The highest BCUT2D eigenvalue weighted by Crippen LogP contribution is 2.36. The fraction of sp³-hybridized carbons (Fsp3) is 0.706. The summed E-state index contributed by atoms with van der Waals surface area (Å²) in [5.74, 6) is 0.00826. The van der Waals surface area contributed by atoms with Gasteiger partial charge in [0.15, 0.2) is 0 Å². The topological polar surface area (TPSA) is 42.0 Å². The van der Waals surface area contributed by atoms with E-state index in [1.165, 1.54) is 4.88 Å². The van der Waals surface area contributed by atoms with E-state index >= 15 is 0 Å². The summed E-state index contributed by atoms with van der Waals surface area (Å²) in [4.78, 5) is 17.1. The summed E-state index contributed by atoms with van der Waals surface area (Å²) < 4.78 is 11.9. The molecular weight excluding hydrogens is 312 g/mol. The molecule has 0 unspecified atom stereocenters. The minimum Gasteiger partial charge on any atom is -0.371 e. The van der Waals surface area contributed by atoms with Gasteiger partial charge in [0.25, 0.3) is 0 Å². The first kappa shape index (κ1) is 16.9. The third kappa shape index (κ3) is 4.32. The molecule has 2 aliphatic heterocycles. The van der Waals surface area contributed by atoms with Crippen LogP contribution in [0.15, 0.2) is 17.5 Å². The predicted octanol–water partition coefficient (Wildman–Crippen LogP) is 1.98. The number of rotatable bonds is 5. The van der Waals surface area contributed by atoms with E-state index in [9.17, 15) is 4.79 Å². The number of ether oxygens (including phenoxy) is 2. The van der Waals surface area contributed by atoms with Crippen LogP contribution in [0.25, 0.3) is 0 Å². The number of hydrogen-bond acceptors (Lipinski definition) is 5. The Morgan fingerprint density at radius 1 is 1.57 bits per heavy atom. The van der Waals surface area contributed by atoms with Gasteiger partial charge in [0.1, 0.15) is 6.61 Å². The van der Waals surface area contributed by atoms with Crippen LogP contribution in [0.3, 0.4) is 0 Å². The standard InChI is InChI=1S/C17H26N2O3S/c1-18(2)16(20)12-21-14-9-17(22-11-14)6-4-7-19(13-17)10-15-5-3-8-23-15/h3,5,8,14H,4,6-7,9-13H2,1-2H3/t14-,17+/m1/s1. The quantitative estimate of drug-likeness (QED) is 0.823. The van der Waals surface area contributed by atoms with Crippen LogP contribution in [0, 0.1) is 0 Å². The second kappa shape index (κ2) is 7.30. The largest absolute Gasteiger partial charge is 0.371 e. The van der Waals surface area contributed by atoms with Crippen molar-refractivity contribution in [2.24, 2.45) is 0 Å². The maximum Gasteiger partial charge on any atom is 0.248 e. The molecule has 2 atom stereocenters. The lowest BCUT2D eigenvalue weighted by atomic mass is 9.89. The van der Waals surface area contributed by atoms with Gasteiger partial charge in [-0.25, -0.2) is 0 Å². The van der Waals surface area contributed by atoms with Crippen molar-refractivity contribution in [1.29, 1.82) is 0 Å². The molecule has 0 bridgehead atoms. The van der Waals surface area contributed by atoms with Gasteiger partial charge in [-0.05, 0) is 30.8 Å². The lowest BCUT2D eigenvalue weighted by Gasteiger charge is -2.39. The predicted molar refractivity (Wildman–Crippen MR) is 90.6 cm³/mol. The van der Waals surface area contributed by atoms with Crippen LogP contribution in [0.2, 0.25) is 0 Å². The fourth-order valence-corrected chi connectivity index (χ4v) is 4.21. The summed E-state index contributed by atoms with van der Waals surface area (Å²) in [6.07, 6.45) is 3.19. The molecule has 6 heteroatoms. The maximum atomic E-state index is 11.7. The summed E-state index contributed by atoms with van der Waals surface area (Å²) in [6.45, 7) is 3.86. The first-order valence-electron chi connectivity index (χ1n) is 8.27. The Labute approximate surface area is 142 Å². The number of hydrogen-bond donors (Lipinski definition) is 0. The fourth-order valence-electron chi connectivity index (χ4n) is 3.46. The van der Waals surface area contributed by atoms with Gasteiger partial charge in [0, 0.05) is 38.5 Å². The first-order chi connectivity index (χ1) is 11.1. The van der Waals surface area contributed by atoms with Crippen molar-refractivity contribution in [2.45, 2.75) is 37.5 Å². The summed E-state index contributed by atoms with van der Waals surface area (Å²) in [5.41, 5.74) is -0.0820. The van der Waals surface area contributed by atoms with Gasteiger partial charge in [0.2, 0.25) is 5.91 Å². The van der Waals surface area contributed by atoms with E-state index in [0.717, 1.165) is 38.9 Å². The Morgan fingerprint density at radius 2 is 2.43 bits per heavy atom. The molecule has 128 valence electrons. The van der Waals surface area contributed by atoms with Crippen LogP contribution in [0.1, 0.15) is 24.1 Å². The second-order valence-corrected chi connectivity index (χ2v) is 7.85. The van der Waals surface area contributed by atoms with Gasteiger partial charge in [-0.2, -0.15) is 0 Å². The molecule has 3 heterocycles. The summed E-state index contributed by atoms with van der Waals surface area (Å²) in [6, 6.07) is 4.30. The molecule has 23 heavy (non-hydrogen) atoms. The van der Waals surface area contributed by atoms with Crippen LogP contribution < -0.4 is 0 Å². The molecule has 1 amide bonds. The molecule has 1 aromatic rings. The average molecular weight is 338 g/mol. The van der Waals surface area contributed by atoms with Crippen LogP contribution in [-0.4, -0.2) is 67.8 Å². The van der Waals surface area contributed by atoms with E-state index in [4.69, 9.17) is 9.47 Å². The molecular formula is C17H26N2O3S. The Bertz CT molecular complexity index is 520. The van der Waals surface area contributed by atoms with Crippen LogP contribution in [0.4, 0.5) is 0 Å². The minimum atomic E-state index is -0.0820. The highest BCUT2D eigenvalue weighted by molar-refractivity contribution is 7.09. The highest BCUT2D eigenvalue weighted by Gasteiger charge is 2.44. The maximum absolute atomic E-state index is 11.7. The Kier molecular flexibility index (Phi) is 5.36. The van der Waals surface area contributed by atoms with E-state index in [2.05, 4.69) is 22.4 Å². The molecule has 0 radical (unpaired) electrons. The van der Waals surface area contributed by atoms with Crippen molar-refractivity contribution in [3.8, 4) is 0 Å². The number of likely N-dealkylation sites (N-methyl/N-ethyl adjacent to an activating group) is 1. The summed E-state index contributed by atoms with van der Waals surface area (Å²) in [7, 11) is 3.50. The third-order valence-electron chi connectivity index (χ3n) is 4.69. The van der Waals surface area contributed by atoms with Gasteiger partial charge < -0.3 is 14.4 Å². The summed E-state index contributed by atoms with van der Waals surface area (Å²) in [5, 5.41) is 2.13. The second-order valence-electron chi connectivity index (χ2n) is 6.81. The van der Waals surface area contributed by atoms with Gasteiger partial charge in [0.05, 0.1) is 18.3 Å². The number of piperidine rings is 1. The van der Waals surface area contributed by atoms with E-state index in [0.29, 0.717) is 6.61 Å². The highest BCUT2D eigenvalue weighted by atomic mass is 32.1. The molecule has 0 N–H and O–H groups in total. The number of carbonyl (C=O) groups is 1. The number of likely N-dealkylation sites (tertiary alicyclic amines) is 1. The number of thiophene rings is 1. The Balaban J connectivity index is 1.50. The zero-order valence-electron chi connectivity index (χ0n) is 14.0. The lowest BCUT2D eigenvalue weighted by Crippen LogP contribution is -2.47. The molecule has 3 rings (SSSR count). The zero-order chi connectivity index (χ0) is 16.3. The normalized spacial score (nSPS) is 28.3. The SMILES string of the molecule is CN(C)C(=O)CO[C@H]1CO[C@@]2(CCCN(Cc3cccs3)C2)C1. The van der Waals surface area contributed by atoms with E-state index in [-0.39, 0.29) is 24.2 Å². The molecule has 0 aromatic carbocycles. The number of amides is 1. The van der Waals surface area contributed by atoms with Crippen LogP contribution in [-0.2, 0) is 20.8 Å². The van der Waals surface area contributed by atoms with Crippen molar-refractivity contribution in [2.75, 3.05) is 40.4 Å². The molecule has 2 fully saturated rings. The number of nitrogens with zero attached hydrogens (tertiary/aromatic N) is 2. The Morgan fingerprint density at radius 3 is 3.17 bits per heavy atom. The minimum absolute atomic E-state index is 0.00826. The zero-order valence-corrected chi connectivity index (χ0v) is 14.8. The molecule has 1 spiro atoms. The van der Waals surface area contributed by atoms with Crippen molar-refractivity contribution in [3.63, 3.8) is 0 Å². The summed E-state index contributed by atoms with van der Waals surface area (Å²) >= 11 is 1.81.